The molecule has 1 aliphatic heterocycles. The van der Waals surface area contributed by atoms with Gasteiger partial charge in [-0.1, -0.05) is 11.2 Å². The number of pyridine rings is 1. The molecule has 0 bridgehead atoms. The van der Waals surface area contributed by atoms with E-state index in [2.05, 4.69) is 15.5 Å². The number of carbonyl (C=O) groups is 2. The van der Waals surface area contributed by atoms with E-state index in [1.165, 1.54) is 0 Å². The van der Waals surface area contributed by atoms with Crippen LogP contribution in [0.3, 0.4) is 0 Å². The number of aryl methyl sites for hydroxylation is 1. The van der Waals surface area contributed by atoms with Gasteiger partial charge in [0.25, 0.3) is 5.91 Å². The third kappa shape index (κ3) is 2.16. The summed E-state index contributed by atoms with van der Waals surface area (Å²) in [4.78, 5) is 30.0. The van der Waals surface area contributed by atoms with Crippen LogP contribution in [0.25, 0.3) is 0 Å². The summed E-state index contributed by atoms with van der Waals surface area (Å²) < 4.78 is 4.95. The number of nitrogens with zero attached hydrogens (tertiary/aromatic N) is 3. The first-order chi connectivity index (χ1) is 10.0. The summed E-state index contributed by atoms with van der Waals surface area (Å²) in [6.45, 7) is 3.47. The Morgan fingerprint density at radius 1 is 1.38 bits per heavy atom. The first-order valence-electron chi connectivity index (χ1n) is 6.48. The maximum absolute atomic E-state index is 12.6. The average molecular weight is 286 g/mol. The molecule has 1 N–H and O–H groups in total. The fourth-order valence-corrected chi connectivity index (χ4v) is 2.33. The topological polar surface area (TPSA) is 88.3 Å². The summed E-state index contributed by atoms with van der Waals surface area (Å²) in [5, 5.41) is 6.49. The average Bonchev–Trinajstić information content (AvgIpc) is 2.98. The van der Waals surface area contributed by atoms with Crippen molar-refractivity contribution in [3.63, 3.8) is 0 Å². The lowest BCUT2D eigenvalue weighted by molar-refractivity contribution is -0.131. The zero-order chi connectivity index (χ0) is 15.0. The molecular formula is C14H14N4O3. The van der Waals surface area contributed by atoms with Gasteiger partial charge < -0.3 is 9.84 Å². The van der Waals surface area contributed by atoms with Crippen LogP contribution in [0, 0.1) is 6.92 Å². The van der Waals surface area contributed by atoms with Crippen molar-refractivity contribution in [2.75, 3.05) is 0 Å². The van der Waals surface area contributed by atoms with Gasteiger partial charge in [0.05, 0.1) is 12.2 Å². The zero-order valence-electron chi connectivity index (χ0n) is 11.7. The smallest absolute Gasteiger partial charge is 0.325 e. The first-order valence-corrected chi connectivity index (χ1v) is 6.48. The van der Waals surface area contributed by atoms with E-state index >= 15 is 0 Å². The van der Waals surface area contributed by atoms with Gasteiger partial charge in [-0.05, 0) is 26.0 Å². The van der Waals surface area contributed by atoms with Crippen molar-refractivity contribution in [1.29, 1.82) is 0 Å². The van der Waals surface area contributed by atoms with Gasteiger partial charge in [0.15, 0.2) is 5.54 Å². The Balaban J connectivity index is 1.88. The molecule has 0 unspecified atom stereocenters. The predicted octanol–water partition coefficient (Wildman–Crippen LogP) is 1.35. The van der Waals surface area contributed by atoms with E-state index in [4.69, 9.17) is 4.52 Å². The van der Waals surface area contributed by atoms with Gasteiger partial charge in [-0.25, -0.2) is 4.79 Å². The van der Waals surface area contributed by atoms with E-state index in [1.54, 1.807) is 44.3 Å². The minimum Gasteiger partial charge on any atom is -0.361 e. The highest BCUT2D eigenvalue weighted by molar-refractivity contribution is 6.06. The van der Waals surface area contributed by atoms with Gasteiger partial charge in [0, 0.05) is 12.3 Å². The van der Waals surface area contributed by atoms with Gasteiger partial charge >= 0.3 is 6.03 Å². The van der Waals surface area contributed by atoms with Crippen LogP contribution in [0.2, 0.25) is 0 Å². The quantitative estimate of drug-likeness (QED) is 0.860. The number of hydrogen-bond acceptors (Lipinski definition) is 5. The zero-order valence-corrected chi connectivity index (χ0v) is 11.7. The van der Waals surface area contributed by atoms with Crippen LogP contribution >= 0.6 is 0 Å². The lowest BCUT2D eigenvalue weighted by Crippen LogP contribution is -2.41. The molecule has 0 aromatic carbocycles. The molecule has 1 atom stereocenters. The second kappa shape index (κ2) is 4.69. The molecule has 2 aromatic heterocycles. The molecule has 0 saturated carbocycles. The minimum absolute atomic E-state index is 0.0738. The molecule has 0 aliphatic carbocycles. The second-order valence-corrected chi connectivity index (χ2v) is 5.09. The number of rotatable bonds is 3. The van der Waals surface area contributed by atoms with E-state index in [1.807, 2.05) is 0 Å². The molecule has 3 heterocycles. The number of urea groups is 1. The van der Waals surface area contributed by atoms with Crippen molar-refractivity contribution in [2.24, 2.45) is 0 Å². The maximum atomic E-state index is 12.6. The molecule has 1 fully saturated rings. The normalized spacial score (nSPS) is 21.7. The number of amides is 3. The lowest BCUT2D eigenvalue weighted by Gasteiger charge is -2.20. The molecule has 7 nitrogen and oxygen atoms in total. The Hall–Kier alpha value is -2.70. The summed E-state index contributed by atoms with van der Waals surface area (Å²) in [5.74, 6) is 0.274. The molecule has 7 heteroatoms. The van der Waals surface area contributed by atoms with Crippen LogP contribution in [0.15, 0.2) is 35.0 Å². The van der Waals surface area contributed by atoms with E-state index in [0.29, 0.717) is 17.1 Å². The van der Waals surface area contributed by atoms with Crippen molar-refractivity contribution in [1.82, 2.24) is 20.4 Å². The highest BCUT2D eigenvalue weighted by Crippen LogP contribution is 2.28. The summed E-state index contributed by atoms with van der Waals surface area (Å²) in [7, 11) is 0. The standard InChI is InChI=1S/C14H14N4O3/c1-9-7-10(17-21-9)8-18-12(19)14(2,16-13(18)20)11-5-3-4-6-15-11/h3-7H,8H2,1-2H3,(H,16,20)/t14-/m1/s1. The summed E-state index contributed by atoms with van der Waals surface area (Å²) in [6.07, 6.45) is 1.59. The largest absolute Gasteiger partial charge is 0.361 e. The summed E-state index contributed by atoms with van der Waals surface area (Å²) in [5.41, 5.74) is -0.125. The fraction of sp³-hybridized carbons (Fsp3) is 0.286. The Kier molecular flexibility index (Phi) is 2.97. The highest BCUT2D eigenvalue weighted by atomic mass is 16.5. The SMILES string of the molecule is Cc1cc(CN2C(=O)N[C@](C)(c3ccccn3)C2=O)no1. The van der Waals surface area contributed by atoms with Crippen LogP contribution < -0.4 is 5.32 Å². The van der Waals surface area contributed by atoms with Crippen LogP contribution in [-0.2, 0) is 16.9 Å². The predicted molar refractivity (Wildman–Crippen MR) is 71.9 cm³/mol. The number of nitrogens with one attached hydrogen (secondary N) is 1. The number of hydrogen-bond donors (Lipinski definition) is 1. The third-order valence-electron chi connectivity index (χ3n) is 3.45. The van der Waals surface area contributed by atoms with Crippen molar-refractivity contribution in [2.45, 2.75) is 25.9 Å². The van der Waals surface area contributed by atoms with E-state index in [9.17, 15) is 9.59 Å². The van der Waals surface area contributed by atoms with Crippen LogP contribution in [-0.4, -0.2) is 27.0 Å². The molecule has 1 aliphatic rings. The molecular weight excluding hydrogens is 272 g/mol. The highest BCUT2D eigenvalue weighted by Gasteiger charge is 2.50. The molecule has 2 aromatic rings. The van der Waals surface area contributed by atoms with Crippen molar-refractivity contribution >= 4 is 11.9 Å². The number of carbonyl (C=O) groups excluding carboxylic acids is 2. The van der Waals surface area contributed by atoms with Gasteiger partial charge in [0.1, 0.15) is 11.5 Å². The van der Waals surface area contributed by atoms with Crippen LogP contribution in [0.4, 0.5) is 4.79 Å². The monoisotopic (exact) mass is 286 g/mol. The lowest BCUT2D eigenvalue weighted by atomic mass is 9.97. The van der Waals surface area contributed by atoms with Crippen molar-refractivity contribution in [3.8, 4) is 0 Å². The van der Waals surface area contributed by atoms with Crippen LogP contribution in [0.5, 0.6) is 0 Å². The second-order valence-electron chi connectivity index (χ2n) is 5.09. The molecule has 3 amide bonds. The Bertz CT molecular complexity index is 697. The van der Waals surface area contributed by atoms with Gasteiger partial charge in [0.2, 0.25) is 0 Å². The molecule has 3 rings (SSSR count). The Morgan fingerprint density at radius 2 is 2.19 bits per heavy atom. The van der Waals surface area contributed by atoms with Crippen LogP contribution in [0.1, 0.15) is 24.1 Å². The van der Waals surface area contributed by atoms with Crippen molar-refractivity contribution in [3.05, 3.63) is 47.6 Å². The first kappa shape index (κ1) is 13.3. The molecule has 21 heavy (non-hydrogen) atoms. The fourth-order valence-electron chi connectivity index (χ4n) is 2.33. The Morgan fingerprint density at radius 3 is 2.81 bits per heavy atom. The van der Waals surface area contributed by atoms with Gasteiger partial charge in [-0.15, -0.1) is 0 Å². The number of imide groups is 1. The van der Waals surface area contributed by atoms with Gasteiger partial charge in [-0.2, -0.15) is 0 Å². The minimum atomic E-state index is -1.16. The summed E-state index contributed by atoms with van der Waals surface area (Å²) in [6, 6.07) is 6.47. The van der Waals surface area contributed by atoms with E-state index in [0.717, 1.165) is 4.90 Å². The van der Waals surface area contributed by atoms with E-state index < -0.39 is 11.6 Å². The summed E-state index contributed by atoms with van der Waals surface area (Å²) >= 11 is 0. The van der Waals surface area contributed by atoms with Crippen molar-refractivity contribution < 1.29 is 14.1 Å². The number of aromatic nitrogens is 2. The molecule has 1 saturated heterocycles. The maximum Gasteiger partial charge on any atom is 0.325 e. The van der Waals surface area contributed by atoms with Gasteiger partial charge in [-0.3, -0.25) is 14.7 Å². The molecule has 108 valence electrons. The molecule has 0 spiro atoms. The van der Waals surface area contributed by atoms with E-state index in [-0.39, 0.29) is 12.5 Å². The molecule has 0 radical (unpaired) electrons. The third-order valence-corrected chi connectivity index (χ3v) is 3.45. The Labute approximate surface area is 120 Å².